The molecule has 21 heavy (non-hydrogen) atoms. The number of hydrogen-bond acceptors (Lipinski definition) is 3. The van der Waals surface area contributed by atoms with E-state index in [0.717, 1.165) is 35.5 Å². The number of rotatable bonds is 5. The Bertz CT molecular complexity index is 734. The Kier molecular flexibility index (Phi) is 3.97. The van der Waals surface area contributed by atoms with E-state index >= 15 is 0 Å². The second kappa shape index (κ2) is 6.06. The minimum atomic E-state index is 0.177. The van der Waals surface area contributed by atoms with Crippen molar-refractivity contribution in [3.63, 3.8) is 0 Å². The molecule has 0 unspecified atom stereocenters. The zero-order valence-electron chi connectivity index (χ0n) is 12.2. The molecule has 0 aliphatic carbocycles. The van der Waals surface area contributed by atoms with Crippen LogP contribution in [0.1, 0.15) is 23.4 Å². The molecular weight excluding hydrogens is 262 g/mol. The molecule has 0 saturated heterocycles. The van der Waals surface area contributed by atoms with Gasteiger partial charge in [0.1, 0.15) is 11.3 Å². The van der Waals surface area contributed by atoms with Crippen molar-refractivity contribution in [2.24, 2.45) is 0 Å². The van der Waals surface area contributed by atoms with E-state index < -0.39 is 0 Å². The molecule has 2 aromatic heterocycles. The lowest BCUT2D eigenvalue weighted by atomic mass is 10.1. The van der Waals surface area contributed by atoms with Crippen LogP contribution in [0, 0.1) is 6.92 Å². The van der Waals surface area contributed by atoms with Crippen LogP contribution in [0.5, 0.6) is 0 Å². The number of aryl methyl sites for hydroxylation is 2. The molecule has 0 amide bonds. The van der Waals surface area contributed by atoms with Gasteiger partial charge in [-0.05, 0) is 30.5 Å². The third-order valence-electron chi connectivity index (χ3n) is 3.55. The average molecular weight is 281 g/mol. The summed E-state index contributed by atoms with van der Waals surface area (Å²) >= 11 is 0. The van der Waals surface area contributed by atoms with Gasteiger partial charge in [0.15, 0.2) is 5.65 Å². The van der Waals surface area contributed by atoms with E-state index in [0.29, 0.717) is 6.42 Å². The van der Waals surface area contributed by atoms with Crippen molar-refractivity contribution < 1.29 is 5.11 Å². The van der Waals surface area contributed by atoms with Gasteiger partial charge in [0, 0.05) is 25.8 Å². The summed E-state index contributed by atoms with van der Waals surface area (Å²) in [5.41, 5.74) is 4.18. The van der Waals surface area contributed by atoms with Crippen molar-refractivity contribution in [3.05, 3.63) is 59.5 Å². The van der Waals surface area contributed by atoms with Crippen LogP contribution in [-0.4, -0.2) is 26.2 Å². The topological polar surface area (TPSA) is 50.9 Å². The molecule has 108 valence electrons. The fraction of sp³-hybridized carbons (Fsp3) is 0.294. The maximum atomic E-state index is 9.11. The fourth-order valence-electron chi connectivity index (χ4n) is 2.54. The molecule has 1 N–H and O–H groups in total. The number of fused-ring (bicyclic) bond motifs is 1. The Balaban J connectivity index is 2.03. The number of aliphatic hydroxyl groups excluding tert-OH is 1. The predicted molar refractivity (Wildman–Crippen MR) is 83.2 cm³/mol. The number of aromatic nitrogens is 3. The third kappa shape index (κ3) is 2.95. The van der Waals surface area contributed by atoms with E-state index in [1.54, 1.807) is 0 Å². The van der Waals surface area contributed by atoms with E-state index in [-0.39, 0.29) is 6.61 Å². The first kappa shape index (κ1) is 13.8. The van der Waals surface area contributed by atoms with Crippen molar-refractivity contribution in [2.45, 2.75) is 26.3 Å². The standard InChI is InChI=1S/C17H19N3O/c1-13-10-15-17(18-12-13)20(8-5-9-21)16(19-15)11-14-6-3-2-4-7-14/h2-4,6-7,10,12,21H,5,8-9,11H2,1H3. The van der Waals surface area contributed by atoms with Gasteiger partial charge in [-0.25, -0.2) is 9.97 Å². The Hall–Kier alpha value is -2.20. The first-order valence-corrected chi connectivity index (χ1v) is 7.24. The molecule has 3 rings (SSSR count). The number of imidazole rings is 1. The monoisotopic (exact) mass is 281 g/mol. The predicted octanol–water partition coefficient (Wildman–Crippen LogP) is 2.71. The molecule has 3 aromatic rings. The summed E-state index contributed by atoms with van der Waals surface area (Å²) in [6.45, 7) is 2.94. The van der Waals surface area contributed by atoms with Gasteiger partial charge in [-0.15, -0.1) is 0 Å². The van der Waals surface area contributed by atoms with Crippen LogP contribution >= 0.6 is 0 Å². The summed E-state index contributed by atoms with van der Waals surface area (Å²) < 4.78 is 2.12. The third-order valence-corrected chi connectivity index (χ3v) is 3.55. The first-order valence-electron chi connectivity index (χ1n) is 7.24. The van der Waals surface area contributed by atoms with Crippen LogP contribution < -0.4 is 0 Å². The molecule has 0 saturated carbocycles. The normalized spacial score (nSPS) is 11.1. The number of nitrogens with zero attached hydrogens (tertiary/aromatic N) is 3. The largest absolute Gasteiger partial charge is 0.396 e. The lowest BCUT2D eigenvalue weighted by molar-refractivity contribution is 0.280. The first-order chi connectivity index (χ1) is 10.3. The number of benzene rings is 1. The highest BCUT2D eigenvalue weighted by Crippen LogP contribution is 2.18. The maximum Gasteiger partial charge on any atom is 0.160 e. The van der Waals surface area contributed by atoms with Gasteiger partial charge >= 0.3 is 0 Å². The average Bonchev–Trinajstić information content (AvgIpc) is 2.82. The summed E-state index contributed by atoms with van der Waals surface area (Å²) in [4.78, 5) is 9.26. The molecule has 2 heterocycles. The van der Waals surface area contributed by atoms with E-state index in [1.165, 1.54) is 5.56 Å². The Labute approximate surface area is 124 Å². The molecule has 0 aliphatic heterocycles. The van der Waals surface area contributed by atoms with Crippen molar-refractivity contribution in [3.8, 4) is 0 Å². The van der Waals surface area contributed by atoms with Crippen molar-refractivity contribution in [1.82, 2.24) is 14.5 Å². The van der Waals surface area contributed by atoms with Crippen LogP contribution in [-0.2, 0) is 13.0 Å². The van der Waals surface area contributed by atoms with Gasteiger partial charge in [0.2, 0.25) is 0 Å². The second-order valence-corrected chi connectivity index (χ2v) is 5.27. The summed E-state index contributed by atoms with van der Waals surface area (Å²) in [5, 5.41) is 9.11. The Morgan fingerprint density at radius 2 is 2.00 bits per heavy atom. The van der Waals surface area contributed by atoms with Gasteiger partial charge in [-0.2, -0.15) is 0 Å². The Morgan fingerprint density at radius 3 is 2.76 bits per heavy atom. The quantitative estimate of drug-likeness (QED) is 0.782. The molecule has 0 radical (unpaired) electrons. The van der Waals surface area contributed by atoms with Gasteiger partial charge in [0.25, 0.3) is 0 Å². The molecule has 0 fully saturated rings. The molecule has 0 aliphatic rings. The molecule has 0 spiro atoms. The van der Waals surface area contributed by atoms with Gasteiger partial charge in [-0.3, -0.25) is 0 Å². The van der Waals surface area contributed by atoms with Crippen LogP contribution in [0.25, 0.3) is 11.2 Å². The zero-order valence-corrected chi connectivity index (χ0v) is 12.2. The molecule has 4 heteroatoms. The summed E-state index contributed by atoms with van der Waals surface area (Å²) in [7, 11) is 0. The van der Waals surface area contributed by atoms with Gasteiger partial charge in [0.05, 0.1) is 0 Å². The fourth-order valence-corrected chi connectivity index (χ4v) is 2.54. The number of hydrogen-bond donors (Lipinski definition) is 1. The van der Waals surface area contributed by atoms with Crippen LogP contribution in [0.2, 0.25) is 0 Å². The number of aliphatic hydroxyl groups is 1. The van der Waals surface area contributed by atoms with Crippen molar-refractivity contribution in [2.75, 3.05) is 6.61 Å². The molecular formula is C17H19N3O. The van der Waals surface area contributed by atoms with Gasteiger partial charge < -0.3 is 9.67 Å². The molecule has 4 nitrogen and oxygen atoms in total. The van der Waals surface area contributed by atoms with Crippen LogP contribution in [0.3, 0.4) is 0 Å². The zero-order chi connectivity index (χ0) is 14.7. The SMILES string of the molecule is Cc1cnc2c(c1)nc(Cc1ccccc1)n2CCCO. The molecule has 0 atom stereocenters. The van der Waals surface area contributed by atoms with Gasteiger partial charge in [-0.1, -0.05) is 30.3 Å². The molecule has 0 bridgehead atoms. The highest BCUT2D eigenvalue weighted by molar-refractivity contribution is 5.72. The summed E-state index contributed by atoms with van der Waals surface area (Å²) in [5.74, 6) is 1.00. The van der Waals surface area contributed by atoms with E-state index in [4.69, 9.17) is 10.1 Å². The maximum absolute atomic E-state index is 9.11. The lowest BCUT2D eigenvalue weighted by Gasteiger charge is -2.07. The second-order valence-electron chi connectivity index (χ2n) is 5.27. The smallest absolute Gasteiger partial charge is 0.160 e. The molecule has 1 aromatic carbocycles. The van der Waals surface area contributed by atoms with E-state index in [1.807, 2.05) is 31.3 Å². The number of pyridine rings is 1. The minimum absolute atomic E-state index is 0.177. The Morgan fingerprint density at radius 1 is 1.19 bits per heavy atom. The summed E-state index contributed by atoms with van der Waals surface area (Å²) in [6.07, 6.45) is 3.36. The van der Waals surface area contributed by atoms with Crippen LogP contribution in [0.15, 0.2) is 42.6 Å². The van der Waals surface area contributed by atoms with E-state index in [2.05, 4.69) is 27.8 Å². The van der Waals surface area contributed by atoms with Crippen LogP contribution in [0.4, 0.5) is 0 Å². The van der Waals surface area contributed by atoms with Crippen molar-refractivity contribution in [1.29, 1.82) is 0 Å². The minimum Gasteiger partial charge on any atom is -0.396 e. The lowest BCUT2D eigenvalue weighted by Crippen LogP contribution is -2.07. The summed E-state index contributed by atoms with van der Waals surface area (Å²) in [6, 6.07) is 12.4. The van der Waals surface area contributed by atoms with Crippen molar-refractivity contribution >= 4 is 11.2 Å². The van der Waals surface area contributed by atoms with E-state index in [9.17, 15) is 0 Å². The highest BCUT2D eigenvalue weighted by Gasteiger charge is 2.12. The highest BCUT2D eigenvalue weighted by atomic mass is 16.3.